The van der Waals surface area contributed by atoms with Crippen molar-refractivity contribution in [2.45, 2.75) is 64.2 Å². The van der Waals surface area contributed by atoms with Gasteiger partial charge in [-0.05, 0) is 79.9 Å². The fraction of sp³-hybridized carbons (Fsp3) is 0.581. The first-order chi connectivity index (χ1) is 17.2. The van der Waals surface area contributed by atoms with Crippen molar-refractivity contribution in [1.82, 2.24) is 9.80 Å². The molecule has 0 atom stereocenters. The third kappa shape index (κ3) is 6.88. The normalized spacial score (nSPS) is 21.4. The first kappa shape index (κ1) is 24.4. The highest BCUT2D eigenvalue weighted by Gasteiger charge is 2.38. The van der Waals surface area contributed by atoms with E-state index in [-0.39, 0.29) is 0 Å². The highest BCUT2D eigenvalue weighted by molar-refractivity contribution is 5.76. The van der Waals surface area contributed by atoms with Crippen molar-refractivity contribution in [3.05, 3.63) is 65.7 Å². The Hall–Kier alpha value is -2.33. The van der Waals surface area contributed by atoms with Gasteiger partial charge < -0.3 is 9.64 Å². The molecule has 1 saturated carbocycles. The number of fused-ring (bicyclic) bond motifs is 1. The van der Waals surface area contributed by atoms with Gasteiger partial charge in [0.15, 0.2) is 0 Å². The van der Waals surface area contributed by atoms with Crippen LogP contribution in [0.25, 0.3) is 0 Å². The fourth-order valence-electron chi connectivity index (χ4n) is 6.10. The lowest BCUT2D eigenvalue weighted by atomic mass is 9.73. The molecular weight excluding hydrogens is 432 g/mol. The van der Waals surface area contributed by atoms with Gasteiger partial charge >= 0.3 is 0 Å². The molecule has 0 radical (unpaired) electrons. The summed E-state index contributed by atoms with van der Waals surface area (Å²) in [5.74, 6) is 2.29. The summed E-state index contributed by atoms with van der Waals surface area (Å²) in [6.07, 6.45) is 11.4. The van der Waals surface area contributed by atoms with E-state index in [1.54, 1.807) is 0 Å². The summed E-state index contributed by atoms with van der Waals surface area (Å²) >= 11 is 0. The number of para-hydroxylation sites is 1. The smallest absolute Gasteiger partial charge is 0.222 e. The second kappa shape index (κ2) is 11.6. The van der Waals surface area contributed by atoms with Gasteiger partial charge in [0.25, 0.3) is 0 Å². The number of ether oxygens (including phenoxy) is 1. The third-order valence-electron chi connectivity index (χ3n) is 8.46. The SMILES string of the molecule is O=C(CCc1ccccc1)N1CCC2(CCCCc3ccccc3OCCN(CC3CC3)C2)CC1. The van der Waals surface area contributed by atoms with Crippen LogP contribution in [0.5, 0.6) is 5.75 Å². The summed E-state index contributed by atoms with van der Waals surface area (Å²) < 4.78 is 6.29. The summed E-state index contributed by atoms with van der Waals surface area (Å²) in [4.78, 5) is 17.8. The van der Waals surface area contributed by atoms with Crippen molar-refractivity contribution in [1.29, 1.82) is 0 Å². The zero-order valence-electron chi connectivity index (χ0n) is 21.3. The molecule has 4 heteroatoms. The van der Waals surface area contributed by atoms with Crippen LogP contribution in [0.1, 0.15) is 62.5 Å². The number of hydrogen-bond donors (Lipinski definition) is 0. The van der Waals surface area contributed by atoms with Gasteiger partial charge in [-0.1, -0.05) is 55.0 Å². The minimum Gasteiger partial charge on any atom is -0.492 e. The lowest BCUT2D eigenvalue weighted by molar-refractivity contribution is -0.133. The molecule has 188 valence electrons. The molecule has 0 bridgehead atoms. The summed E-state index contributed by atoms with van der Waals surface area (Å²) in [7, 11) is 0. The number of carbonyl (C=O) groups is 1. The highest BCUT2D eigenvalue weighted by atomic mass is 16.5. The Bertz CT molecular complexity index is 947. The number of hydrogen-bond acceptors (Lipinski definition) is 3. The molecule has 2 aromatic rings. The van der Waals surface area contributed by atoms with Crippen LogP contribution in [0.15, 0.2) is 54.6 Å². The van der Waals surface area contributed by atoms with Crippen LogP contribution in [0.3, 0.4) is 0 Å². The molecule has 1 saturated heterocycles. The van der Waals surface area contributed by atoms with E-state index in [0.29, 0.717) is 17.7 Å². The Balaban J connectivity index is 1.21. The zero-order valence-corrected chi connectivity index (χ0v) is 21.3. The van der Waals surface area contributed by atoms with Gasteiger partial charge in [-0.2, -0.15) is 0 Å². The van der Waals surface area contributed by atoms with E-state index in [4.69, 9.17) is 4.74 Å². The van der Waals surface area contributed by atoms with E-state index in [2.05, 4.69) is 58.3 Å². The minimum atomic E-state index is 0.330. The Morgan fingerprint density at radius 1 is 0.914 bits per heavy atom. The second-order valence-electron chi connectivity index (χ2n) is 11.2. The monoisotopic (exact) mass is 474 g/mol. The molecule has 0 unspecified atom stereocenters. The van der Waals surface area contributed by atoms with Gasteiger partial charge in [-0.15, -0.1) is 0 Å². The van der Waals surface area contributed by atoms with Crippen LogP contribution >= 0.6 is 0 Å². The summed E-state index contributed by atoms with van der Waals surface area (Å²) in [5, 5.41) is 0. The summed E-state index contributed by atoms with van der Waals surface area (Å²) in [5.41, 5.74) is 2.95. The fourth-order valence-corrected chi connectivity index (χ4v) is 6.10. The third-order valence-corrected chi connectivity index (χ3v) is 8.46. The molecule has 1 aliphatic carbocycles. The Kier molecular flexibility index (Phi) is 8.08. The van der Waals surface area contributed by atoms with Gasteiger partial charge in [-0.3, -0.25) is 9.69 Å². The lowest BCUT2D eigenvalue weighted by Gasteiger charge is -2.45. The molecule has 2 fully saturated rings. The Morgan fingerprint density at radius 2 is 1.69 bits per heavy atom. The van der Waals surface area contributed by atoms with Crippen molar-refractivity contribution < 1.29 is 9.53 Å². The van der Waals surface area contributed by atoms with E-state index >= 15 is 0 Å². The summed E-state index contributed by atoms with van der Waals surface area (Å²) in [6, 6.07) is 19.0. The van der Waals surface area contributed by atoms with Crippen LogP contribution in [0, 0.1) is 11.3 Å². The number of nitrogens with zero attached hydrogens (tertiary/aromatic N) is 2. The quantitative estimate of drug-likeness (QED) is 0.554. The average Bonchev–Trinajstić information content (AvgIpc) is 3.70. The van der Waals surface area contributed by atoms with Crippen LogP contribution in [0.4, 0.5) is 0 Å². The molecule has 2 heterocycles. The second-order valence-corrected chi connectivity index (χ2v) is 11.2. The first-order valence-electron chi connectivity index (χ1n) is 13.9. The average molecular weight is 475 g/mol. The van der Waals surface area contributed by atoms with E-state index < -0.39 is 0 Å². The number of benzene rings is 2. The predicted octanol–water partition coefficient (Wildman–Crippen LogP) is 5.75. The molecule has 2 aromatic carbocycles. The minimum absolute atomic E-state index is 0.330. The topological polar surface area (TPSA) is 32.8 Å². The number of amides is 1. The van der Waals surface area contributed by atoms with Crippen molar-refractivity contribution >= 4 is 5.91 Å². The van der Waals surface area contributed by atoms with Crippen molar-refractivity contribution in [3.8, 4) is 5.75 Å². The summed E-state index contributed by atoms with van der Waals surface area (Å²) in [6.45, 7) is 6.00. The molecule has 1 spiro atoms. The molecule has 4 nitrogen and oxygen atoms in total. The molecular formula is C31H42N2O2. The van der Waals surface area contributed by atoms with E-state index in [1.807, 2.05) is 6.07 Å². The van der Waals surface area contributed by atoms with Gasteiger partial charge in [0.2, 0.25) is 5.91 Å². The van der Waals surface area contributed by atoms with Gasteiger partial charge in [-0.25, -0.2) is 0 Å². The molecule has 0 aromatic heterocycles. The molecule has 2 aliphatic heterocycles. The predicted molar refractivity (Wildman–Crippen MR) is 142 cm³/mol. The van der Waals surface area contributed by atoms with E-state index in [9.17, 15) is 4.79 Å². The van der Waals surface area contributed by atoms with Gasteiger partial charge in [0, 0.05) is 39.1 Å². The Morgan fingerprint density at radius 3 is 2.49 bits per heavy atom. The van der Waals surface area contributed by atoms with Crippen LogP contribution < -0.4 is 4.74 Å². The molecule has 0 N–H and O–H groups in total. The maximum Gasteiger partial charge on any atom is 0.222 e. The first-order valence-corrected chi connectivity index (χ1v) is 13.9. The highest BCUT2D eigenvalue weighted by Crippen LogP contribution is 2.40. The molecule has 35 heavy (non-hydrogen) atoms. The number of likely N-dealkylation sites (tertiary alicyclic amines) is 1. The Labute approximate surface area is 211 Å². The van der Waals surface area contributed by atoms with Crippen LogP contribution in [-0.4, -0.2) is 55.0 Å². The van der Waals surface area contributed by atoms with Crippen LogP contribution in [-0.2, 0) is 17.6 Å². The number of piperidine rings is 1. The lowest BCUT2D eigenvalue weighted by Crippen LogP contribution is -2.49. The van der Waals surface area contributed by atoms with Crippen molar-refractivity contribution in [2.75, 3.05) is 39.3 Å². The van der Waals surface area contributed by atoms with Crippen molar-refractivity contribution in [2.24, 2.45) is 11.3 Å². The largest absolute Gasteiger partial charge is 0.492 e. The van der Waals surface area contributed by atoms with Crippen LogP contribution in [0.2, 0.25) is 0 Å². The maximum atomic E-state index is 13.0. The number of carbonyl (C=O) groups excluding carboxylic acids is 1. The standard InChI is InChI=1S/C31H42N2O2/c34-30(16-15-26-8-2-1-3-9-26)33-20-18-31(19-21-33)17-7-6-11-28-10-4-5-12-29(28)35-23-22-32(25-31)24-27-13-14-27/h1-5,8-10,12,27H,6-7,11,13-25H2. The van der Waals surface area contributed by atoms with Gasteiger partial charge in [0.1, 0.15) is 12.4 Å². The van der Waals surface area contributed by atoms with Crippen molar-refractivity contribution in [3.63, 3.8) is 0 Å². The van der Waals surface area contributed by atoms with E-state index in [0.717, 1.165) is 63.6 Å². The maximum absolute atomic E-state index is 13.0. The number of aryl methyl sites for hydroxylation is 2. The zero-order chi connectivity index (χ0) is 23.9. The molecule has 1 amide bonds. The molecule has 3 aliphatic rings. The number of rotatable bonds is 5. The van der Waals surface area contributed by atoms with E-state index in [1.165, 1.54) is 56.3 Å². The molecule has 5 rings (SSSR count). The van der Waals surface area contributed by atoms with Gasteiger partial charge in [0.05, 0.1) is 0 Å².